The minimum Gasteiger partial charge on any atom is -0.383 e. The summed E-state index contributed by atoms with van der Waals surface area (Å²) in [6.07, 6.45) is 1.55. The highest BCUT2D eigenvalue weighted by molar-refractivity contribution is 5.96. The summed E-state index contributed by atoms with van der Waals surface area (Å²) in [5, 5.41) is 14.7. The van der Waals surface area contributed by atoms with Gasteiger partial charge in [-0.1, -0.05) is 12.1 Å². The van der Waals surface area contributed by atoms with Crippen LogP contribution in [0.5, 0.6) is 0 Å². The topological polar surface area (TPSA) is 94.1 Å². The van der Waals surface area contributed by atoms with Gasteiger partial charge in [-0.15, -0.1) is 0 Å². The summed E-state index contributed by atoms with van der Waals surface area (Å²) in [6, 6.07) is 6.67. The van der Waals surface area contributed by atoms with Crippen molar-refractivity contribution in [3.05, 3.63) is 40.6 Å². The van der Waals surface area contributed by atoms with Crippen LogP contribution >= 0.6 is 0 Å². The number of pyridine rings is 1. The lowest BCUT2D eigenvalue weighted by Gasteiger charge is -2.07. The van der Waals surface area contributed by atoms with Crippen LogP contribution in [0.25, 0.3) is 10.9 Å². The van der Waals surface area contributed by atoms with Crippen LogP contribution in [0, 0.1) is 10.1 Å². The average Bonchev–Trinajstić information content (AvgIpc) is 2.35. The molecule has 17 heavy (non-hydrogen) atoms. The third-order valence-electron chi connectivity index (χ3n) is 2.41. The largest absolute Gasteiger partial charge is 0.383 e. The molecular formula is C11H12N4O2. The molecule has 6 heteroatoms. The second-order valence-corrected chi connectivity index (χ2v) is 3.50. The van der Waals surface area contributed by atoms with Crippen LogP contribution in [0.3, 0.4) is 0 Å². The highest BCUT2D eigenvalue weighted by atomic mass is 16.6. The van der Waals surface area contributed by atoms with Crippen LogP contribution in [0.15, 0.2) is 30.5 Å². The van der Waals surface area contributed by atoms with Crippen LogP contribution in [0.4, 0.5) is 11.4 Å². The number of hydrogen-bond donors (Lipinski definition) is 2. The molecule has 0 unspecified atom stereocenters. The van der Waals surface area contributed by atoms with Crippen LogP contribution in [-0.2, 0) is 0 Å². The maximum Gasteiger partial charge on any atom is 0.295 e. The summed E-state index contributed by atoms with van der Waals surface area (Å²) in [5.74, 6) is 0. The number of nitrogens with two attached hydrogens (primary N) is 1. The number of nitrogens with one attached hydrogen (secondary N) is 1. The molecule has 1 aromatic heterocycles. The number of nitro groups is 1. The van der Waals surface area contributed by atoms with Crippen molar-refractivity contribution in [2.75, 3.05) is 18.4 Å². The summed E-state index contributed by atoms with van der Waals surface area (Å²) < 4.78 is 0. The van der Waals surface area contributed by atoms with E-state index < -0.39 is 4.92 Å². The molecule has 0 bridgehead atoms. The van der Waals surface area contributed by atoms with Crippen molar-refractivity contribution in [3.63, 3.8) is 0 Å². The lowest BCUT2D eigenvalue weighted by atomic mass is 10.1. The second kappa shape index (κ2) is 4.75. The van der Waals surface area contributed by atoms with Gasteiger partial charge in [0.15, 0.2) is 0 Å². The molecule has 2 aromatic rings. The number of nitro benzene ring substituents is 1. The fourth-order valence-electron chi connectivity index (χ4n) is 1.67. The first-order valence-electron chi connectivity index (χ1n) is 5.20. The van der Waals surface area contributed by atoms with E-state index in [1.54, 1.807) is 24.4 Å². The summed E-state index contributed by atoms with van der Waals surface area (Å²) in [5.41, 5.74) is 6.62. The molecule has 2 rings (SSSR count). The number of anilines is 1. The fourth-order valence-corrected chi connectivity index (χ4v) is 1.67. The lowest BCUT2D eigenvalue weighted by Crippen LogP contribution is -2.13. The first kappa shape index (κ1) is 11.3. The first-order valence-corrected chi connectivity index (χ1v) is 5.20. The van der Waals surface area contributed by atoms with Gasteiger partial charge in [0.1, 0.15) is 5.52 Å². The van der Waals surface area contributed by atoms with Gasteiger partial charge >= 0.3 is 0 Å². The number of hydrogen-bond acceptors (Lipinski definition) is 5. The van der Waals surface area contributed by atoms with E-state index in [-0.39, 0.29) is 5.69 Å². The Kier molecular flexibility index (Phi) is 3.15. The minimum absolute atomic E-state index is 0.0129. The zero-order valence-electron chi connectivity index (χ0n) is 9.09. The number of aromatic nitrogens is 1. The summed E-state index contributed by atoms with van der Waals surface area (Å²) in [7, 11) is 0. The lowest BCUT2D eigenvalue weighted by molar-refractivity contribution is -0.383. The number of rotatable bonds is 4. The third kappa shape index (κ3) is 2.16. The highest BCUT2D eigenvalue weighted by Gasteiger charge is 2.13. The maximum absolute atomic E-state index is 10.9. The third-order valence-corrected chi connectivity index (χ3v) is 2.41. The van der Waals surface area contributed by atoms with Crippen molar-refractivity contribution in [2.24, 2.45) is 5.73 Å². The Balaban J connectivity index is 2.57. The van der Waals surface area contributed by atoms with Crippen LogP contribution in [-0.4, -0.2) is 23.0 Å². The van der Waals surface area contributed by atoms with Gasteiger partial charge in [0, 0.05) is 36.4 Å². The Morgan fingerprint density at radius 1 is 1.41 bits per heavy atom. The molecule has 0 aliphatic rings. The van der Waals surface area contributed by atoms with E-state index in [0.717, 1.165) is 11.1 Å². The molecule has 0 saturated heterocycles. The number of benzene rings is 1. The Bertz CT molecular complexity index is 556. The molecule has 0 amide bonds. The standard InChI is InChI=1S/C11H12N4O2/c12-5-7-13-9-4-6-14-11-8(9)2-1-3-10(11)15(16)17/h1-4,6H,5,7,12H2,(H,13,14). The number of para-hydroxylation sites is 1. The maximum atomic E-state index is 10.9. The van der Waals surface area contributed by atoms with E-state index in [2.05, 4.69) is 10.3 Å². The van der Waals surface area contributed by atoms with E-state index in [1.807, 2.05) is 0 Å². The smallest absolute Gasteiger partial charge is 0.295 e. The highest BCUT2D eigenvalue weighted by Crippen LogP contribution is 2.28. The molecule has 0 aliphatic heterocycles. The molecule has 6 nitrogen and oxygen atoms in total. The molecule has 0 fully saturated rings. The Morgan fingerprint density at radius 2 is 2.24 bits per heavy atom. The molecular weight excluding hydrogens is 220 g/mol. The predicted molar refractivity (Wildman–Crippen MR) is 65.9 cm³/mol. The summed E-state index contributed by atoms with van der Waals surface area (Å²) in [6.45, 7) is 1.11. The molecule has 0 radical (unpaired) electrons. The quantitative estimate of drug-likeness (QED) is 0.615. The van der Waals surface area contributed by atoms with Gasteiger partial charge in [-0.25, -0.2) is 4.98 Å². The summed E-state index contributed by atoms with van der Waals surface area (Å²) >= 11 is 0. The second-order valence-electron chi connectivity index (χ2n) is 3.50. The van der Waals surface area contributed by atoms with E-state index in [4.69, 9.17) is 5.73 Å². The van der Waals surface area contributed by atoms with Gasteiger partial charge in [-0.2, -0.15) is 0 Å². The van der Waals surface area contributed by atoms with Crippen molar-refractivity contribution in [1.82, 2.24) is 4.98 Å². The van der Waals surface area contributed by atoms with Crippen molar-refractivity contribution >= 4 is 22.3 Å². The molecule has 3 N–H and O–H groups in total. The number of nitrogens with zero attached hydrogens (tertiary/aromatic N) is 2. The van der Waals surface area contributed by atoms with Crippen molar-refractivity contribution < 1.29 is 4.92 Å². The van der Waals surface area contributed by atoms with E-state index in [9.17, 15) is 10.1 Å². The minimum atomic E-state index is -0.429. The Hall–Kier alpha value is -2.21. The molecule has 0 aliphatic carbocycles. The van der Waals surface area contributed by atoms with Gasteiger partial charge in [0.25, 0.3) is 5.69 Å². The molecule has 0 spiro atoms. The summed E-state index contributed by atoms with van der Waals surface area (Å²) in [4.78, 5) is 14.5. The average molecular weight is 232 g/mol. The normalized spacial score (nSPS) is 10.4. The van der Waals surface area contributed by atoms with Crippen LogP contribution < -0.4 is 11.1 Å². The van der Waals surface area contributed by atoms with Gasteiger partial charge in [0.05, 0.1) is 4.92 Å². The van der Waals surface area contributed by atoms with Gasteiger partial charge in [-0.05, 0) is 6.07 Å². The Morgan fingerprint density at radius 3 is 2.94 bits per heavy atom. The Labute approximate surface area is 97.6 Å². The molecule has 1 heterocycles. The van der Waals surface area contributed by atoms with E-state index in [1.165, 1.54) is 6.07 Å². The van der Waals surface area contributed by atoms with Crippen molar-refractivity contribution in [1.29, 1.82) is 0 Å². The predicted octanol–water partition coefficient (Wildman–Crippen LogP) is 1.51. The van der Waals surface area contributed by atoms with Gasteiger partial charge < -0.3 is 11.1 Å². The van der Waals surface area contributed by atoms with Crippen molar-refractivity contribution in [3.8, 4) is 0 Å². The first-order chi connectivity index (χ1) is 8.24. The van der Waals surface area contributed by atoms with Gasteiger partial charge in [-0.3, -0.25) is 10.1 Å². The van der Waals surface area contributed by atoms with Crippen LogP contribution in [0.1, 0.15) is 0 Å². The monoisotopic (exact) mass is 232 g/mol. The van der Waals surface area contributed by atoms with Crippen LogP contribution in [0.2, 0.25) is 0 Å². The number of non-ortho nitro benzene ring substituents is 1. The van der Waals surface area contributed by atoms with E-state index >= 15 is 0 Å². The number of fused-ring (bicyclic) bond motifs is 1. The molecule has 0 saturated carbocycles. The van der Waals surface area contributed by atoms with E-state index in [0.29, 0.717) is 18.6 Å². The fraction of sp³-hybridized carbons (Fsp3) is 0.182. The van der Waals surface area contributed by atoms with Gasteiger partial charge in [0.2, 0.25) is 0 Å². The molecule has 1 aromatic carbocycles. The molecule has 0 atom stereocenters. The molecule has 88 valence electrons. The SMILES string of the molecule is NCCNc1ccnc2c([N+](=O)[O-])cccc12. The zero-order valence-corrected chi connectivity index (χ0v) is 9.09. The van der Waals surface area contributed by atoms with Crippen molar-refractivity contribution in [2.45, 2.75) is 0 Å². The zero-order chi connectivity index (χ0) is 12.3.